The zero-order valence-corrected chi connectivity index (χ0v) is 15.5. The molecular weight excluding hydrogens is 363 g/mol. The van der Waals surface area contributed by atoms with E-state index in [-0.39, 0.29) is 23.4 Å². The Hall–Kier alpha value is -0.570. The maximum Gasteiger partial charge on any atom is 0.240 e. The van der Waals surface area contributed by atoms with Gasteiger partial charge in [0.05, 0.1) is 16.5 Å². The Morgan fingerprint density at radius 2 is 2.09 bits per heavy atom. The fraction of sp³-hybridized carbons (Fsp3) is 0.571. The quantitative estimate of drug-likeness (QED) is 0.665. The summed E-state index contributed by atoms with van der Waals surface area (Å²) in [7, 11) is -1.96. The van der Waals surface area contributed by atoms with Crippen LogP contribution in [0.25, 0.3) is 0 Å². The first-order chi connectivity index (χ1) is 10.4. The van der Waals surface area contributed by atoms with Crippen LogP contribution in [-0.2, 0) is 21.2 Å². The van der Waals surface area contributed by atoms with E-state index < -0.39 is 10.0 Å². The largest absolute Gasteiger partial charge is 0.489 e. The molecule has 1 atom stereocenters. The molecule has 1 aromatic rings. The molecule has 0 fully saturated rings. The monoisotopic (exact) mass is 384 g/mol. The van der Waals surface area contributed by atoms with Crippen molar-refractivity contribution in [3.63, 3.8) is 0 Å². The molecule has 9 heteroatoms. The van der Waals surface area contributed by atoms with E-state index in [2.05, 4.69) is 10.0 Å². The van der Waals surface area contributed by atoms with Gasteiger partial charge in [0, 0.05) is 38.7 Å². The molecule has 0 amide bonds. The van der Waals surface area contributed by atoms with Gasteiger partial charge in [-0.3, -0.25) is 0 Å². The minimum absolute atomic E-state index is 0. The van der Waals surface area contributed by atoms with Crippen LogP contribution in [0.2, 0.25) is 5.02 Å². The van der Waals surface area contributed by atoms with Gasteiger partial charge in [-0.15, -0.1) is 12.4 Å². The fourth-order valence-electron chi connectivity index (χ4n) is 2.27. The molecule has 0 saturated carbocycles. The summed E-state index contributed by atoms with van der Waals surface area (Å²) in [6.45, 7) is 4.02. The Bertz CT molecular complexity index is 625. The molecule has 1 unspecified atom stereocenters. The molecule has 0 spiro atoms. The second-order valence-corrected chi connectivity index (χ2v) is 7.34. The number of hydrogen-bond acceptors (Lipinski definition) is 5. The molecule has 2 rings (SSSR count). The van der Waals surface area contributed by atoms with Crippen molar-refractivity contribution in [1.29, 1.82) is 0 Å². The maximum absolute atomic E-state index is 12.3. The van der Waals surface area contributed by atoms with Crippen LogP contribution in [0.4, 0.5) is 0 Å². The predicted molar refractivity (Wildman–Crippen MR) is 92.4 cm³/mol. The first kappa shape index (κ1) is 20.5. The third-order valence-corrected chi connectivity index (χ3v) is 5.03. The van der Waals surface area contributed by atoms with Gasteiger partial charge in [0.1, 0.15) is 11.9 Å². The lowest BCUT2D eigenvalue weighted by Crippen LogP contribution is -2.33. The van der Waals surface area contributed by atoms with Crippen molar-refractivity contribution in [2.45, 2.75) is 24.3 Å². The summed E-state index contributed by atoms with van der Waals surface area (Å²) >= 11 is 6.12. The lowest BCUT2D eigenvalue weighted by molar-refractivity contribution is 0.199. The molecule has 0 saturated heterocycles. The average Bonchev–Trinajstić information content (AvgIpc) is 2.84. The normalized spacial score (nSPS) is 16.6. The standard InChI is InChI=1S/C14H21ClN2O4S.ClH/c1-10-7-11-8-12(9-13(15)14(11)21-10)22(18,19)17-4-3-16-5-6-20-2;/h8-10,16-17H,3-7H2,1-2H3;1H. The van der Waals surface area contributed by atoms with Gasteiger partial charge in [0.2, 0.25) is 10.0 Å². The lowest BCUT2D eigenvalue weighted by Gasteiger charge is -2.10. The molecule has 1 aliphatic heterocycles. The number of hydrogen-bond donors (Lipinski definition) is 2. The van der Waals surface area contributed by atoms with E-state index >= 15 is 0 Å². The zero-order chi connectivity index (χ0) is 16.2. The molecule has 1 heterocycles. The first-order valence-electron chi connectivity index (χ1n) is 7.12. The summed E-state index contributed by atoms with van der Waals surface area (Å²) in [5.74, 6) is 0.592. The number of nitrogens with one attached hydrogen (secondary N) is 2. The third kappa shape index (κ3) is 5.48. The van der Waals surface area contributed by atoms with E-state index in [0.29, 0.717) is 43.4 Å². The molecule has 0 aliphatic carbocycles. The number of methoxy groups -OCH3 is 1. The molecule has 2 N–H and O–H groups in total. The highest BCUT2D eigenvalue weighted by molar-refractivity contribution is 7.89. The number of halogens is 2. The van der Waals surface area contributed by atoms with Gasteiger partial charge < -0.3 is 14.8 Å². The smallest absolute Gasteiger partial charge is 0.240 e. The fourth-order valence-corrected chi connectivity index (χ4v) is 3.73. The summed E-state index contributed by atoms with van der Waals surface area (Å²) in [4.78, 5) is 0.172. The molecule has 0 bridgehead atoms. The van der Waals surface area contributed by atoms with Crippen LogP contribution in [-0.4, -0.2) is 47.9 Å². The average molecular weight is 385 g/mol. The van der Waals surface area contributed by atoms with Crippen molar-refractivity contribution in [2.75, 3.05) is 33.4 Å². The van der Waals surface area contributed by atoms with Crippen molar-refractivity contribution in [3.8, 4) is 5.75 Å². The van der Waals surface area contributed by atoms with Crippen LogP contribution >= 0.6 is 24.0 Å². The number of ether oxygens (including phenoxy) is 2. The van der Waals surface area contributed by atoms with Crippen LogP contribution in [0.5, 0.6) is 5.75 Å². The summed E-state index contributed by atoms with van der Waals surface area (Å²) in [5, 5.41) is 3.40. The highest BCUT2D eigenvalue weighted by Gasteiger charge is 2.25. The Labute approximate surface area is 148 Å². The van der Waals surface area contributed by atoms with Crippen LogP contribution in [0, 0.1) is 0 Å². The first-order valence-corrected chi connectivity index (χ1v) is 8.98. The van der Waals surface area contributed by atoms with Crippen molar-refractivity contribution < 1.29 is 17.9 Å². The van der Waals surface area contributed by atoms with Gasteiger partial charge in [0.25, 0.3) is 0 Å². The second kappa shape index (κ2) is 9.05. The summed E-state index contributed by atoms with van der Waals surface area (Å²) in [5.41, 5.74) is 0.832. The summed E-state index contributed by atoms with van der Waals surface area (Å²) in [6.07, 6.45) is 0.681. The highest BCUT2D eigenvalue weighted by Crippen LogP contribution is 2.37. The zero-order valence-electron chi connectivity index (χ0n) is 13.1. The summed E-state index contributed by atoms with van der Waals surface area (Å²) < 4.78 is 37.6. The number of rotatable bonds is 8. The number of benzene rings is 1. The van der Waals surface area contributed by atoms with Crippen molar-refractivity contribution in [2.24, 2.45) is 0 Å². The Balaban J connectivity index is 0.00000264. The Morgan fingerprint density at radius 1 is 1.35 bits per heavy atom. The van der Waals surface area contributed by atoms with E-state index in [1.165, 1.54) is 6.07 Å². The molecule has 23 heavy (non-hydrogen) atoms. The second-order valence-electron chi connectivity index (χ2n) is 5.17. The van der Waals surface area contributed by atoms with E-state index in [1.807, 2.05) is 6.92 Å². The topological polar surface area (TPSA) is 76.7 Å². The highest BCUT2D eigenvalue weighted by atomic mass is 35.5. The van der Waals surface area contributed by atoms with Crippen molar-refractivity contribution >= 4 is 34.0 Å². The maximum atomic E-state index is 12.3. The molecule has 1 aliphatic rings. The molecule has 1 aromatic carbocycles. The minimum Gasteiger partial charge on any atom is -0.489 e. The van der Waals surface area contributed by atoms with E-state index in [0.717, 1.165) is 5.56 Å². The molecule has 6 nitrogen and oxygen atoms in total. The van der Waals surface area contributed by atoms with Gasteiger partial charge in [0.15, 0.2) is 0 Å². The van der Waals surface area contributed by atoms with Crippen molar-refractivity contribution in [1.82, 2.24) is 10.0 Å². The van der Waals surface area contributed by atoms with E-state index in [1.54, 1.807) is 13.2 Å². The van der Waals surface area contributed by atoms with Crippen LogP contribution in [0.15, 0.2) is 17.0 Å². The van der Waals surface area contributed by atoms with Gasteiger partial charge in [-0.05, 0) is 19.1 Å². The minimum atomic E-state index is -3.58. The summed E-state index contributed by atoms with van der Waals surface area (Å²) in [6, 6.07) is 3.06. The predicted octanol–water partition coefficient (Wildman–Crippen LogP) is 1.60. The van der Waals surface area contributed by atoms with Crippen LogP contribution in [0.1, 0.15) is 12.5 Å². The number of fused-ring (bicyclic) bond motifs is 1. The van der Waals surface area contributed by atoms with Gasteiger partial charge in [-0.25, -0.2) is 13.1 Å². The Morgan fingerprint density at radius 3 is 2.78 bits per heavy atom. The molecule has 0 radical (unpaired) electrons. The van der Waals surface area contributed by atoms with Crippen LogP contribution in [0.3, 0.4) is 0 Å². The molecule has 0 aromatic heterocycles. The number of sulfonamides is 1. The third-order valence-electron chi connectivity index (χ3n) is 3.31. The van der Waals surface area contributed by atoms with Crippen LogP contribution < -0.4 is 14.8 Å². The van der Waals surface area contributed by atoms with Gasteiger partial charge in [-0.1, -0.05) is 11.6 Å². The SMILES string of the molecule is COCCNCCNS(=O)(=O)c1cc(Cl)c2c(c1)CC(C)O2.Cl. The van der Waals surface area contributed by atoms with E-state index in [9.17, 15) is 8.42 Å². The van der Waals surface area contributed by atoms with Crippen molar-refractivity contribution in [3.05, 3.63) is 22.7 Å². The lowest BCUT2D eigenvalue weighted by atomic mass is 10.1. The van der Waals surface area contributed by atoms with Gasteiger partial charge >= 0.3 is 0 Å². The Kier molecular flexibility index (Phi) is 8.06. The molecular formula is C14H22Cl2N2O4S. The van der Waals surface area contributed by atoms with Gasteiger partial charge in [-0.2, -0.15) is 0 Å². The van der Waals surface area contributed by atoms with E-state index in [4.69, 9.17) is 21.1 Å². The molecule has 132 valence electrons.